The Bertz CT molecular complexity index is 3580. The molecule has 0 N–H and O–H groups in total. The Morgan fingerprint density at radius 3 is 1.18 bits per heavy atom. The van der Waals surface area contributed by atoms with Crippen molar-refractivity contribution in [3.05, 3.63) is 237 Å². The van der Waals surface area contributed by atoms with Crippen molar-refractivity contribution in [3.8, 4) is 72.4 Å². The van der Waals surface area contributed by atoms with Gasteiger partial charge in [-0.2, -0.15) is 0 Å². The molecule has 12 rings (SSSR count). The van der Waals surface area contributed by atoms with Crippen LogP contribution in [0, 0.1) is 0 Å². The minimum Gasteiger partial charge on any atom is -0.309 e. The van der Waals surface area contributed by atoms with Crippen molar-refractivity contribution in [2.45, 2.75) is 0 Å². The van der Waals surface area contributed by atoms with E-state index in [1.165, 1.54) is 109 Å². The van der Waals surface area contributed by atoms with Crippen molar-refractivity contribution in [2.75, 3.05) is 0 Å². The van der Waals surface area contributed by atoms with Crippen LogP contribution in [0.3, 0.4) is 0 Å². The van der Waals surface area contributed by atoms with Crippen LogP contribution in [0.15, 0.2) is 237 Å². The summed E-state index contributed by atoms with van der Waals surface area (Å²) in [6.07, 6.45) is 0. The van der Waals surface area contributed by atoms with Crippen LogP contribution in [-0.4, -0.2) is 4.57 Å². The number of hydrogen-bond donors (Lipinski definition) is 0. The van der Waals surface area contributed by atoms with E-state index in [4.69, 9.17) is 0 Å². The SMILES string of the molecule is c1ccc(-c2ccc(-c3cc(-c4ccc5c(c4)c4cc(-c6ccccc6)ccc4n5-c4ccccc4)cc(-c4cccc5c4sc4c(-c6ccccc6)cccc45)c3)cc2)cc1. The zero-order chi connectivity index (χ0) is 41.0. The first kappa shape index (κ1) is 36.1. The van der Waals surface area contributed by atoms with Crippen LogP contribution in [0.2, 0.25) is 0 Å². The molecule has 0 saturated heterocycles. The first-order valence-electron chi connectivity index (χ1n) is 21.2. The van der Waals surface area contributed by atoms with Gasteiger partial charge in [0.2, 0.25) is 0 Å². The molecule has 0 radical (unpaired) electrons. The quantitative estimate of drug-likeness (QED) is 0.151. The van der Waals surface area contributed by atoms with Gasteiger partial charge in [0, 0.05) is 36.6 Å². The lowest BCUT2D eigenvalue weighted by atomic mass is 9.91. The largest absolute Gasteiger partial charge is 0.309 e. The highest BCUT2D eigenvalue weighted by Gasteiger charge is 2.18. The summed E-state index contributed by atoms with van der Waals surface area (Å²) in [5.41, 5.74) is 18.2. The Kier molecular flexibility index (Phi) is 8.76. The lowest BCUT2D eigenvalue weighted by molar-refractivity contribution is 1.18. The summed E-state index contributed by atoms with van der Waals surface area (Å²) < 4.78 is 5.04. The van der Waals surface area contributed by atoms with Crippen LogP contribution in [0.5, 0.6) is 0 Å². The number of rotatable bonds is 7. The molecule has 0 saturated carbocycles. The second kappa shape index (κ2) is 15.0. The normalized spacial score (nSPS) is 11.5. The standard InChI is InChI=1S/C60H39NS/c1-5-15-40(16-6-1)42-27-29-43(30-28-42)47-35-48(37-49(36-47)52-24-14-26-54-53-25-13-23-51(59(53)62-60(52)54)44-19-9-3-10-20-44)46-32-34-58-56(39-46)55-38-45(41-17-7-2-8-18-41)31-33-57(55)61(58)50-21-11-4-12-22-50/h1-39H. The maximum atomic E-state index is 2.42. The molecule has 0 amide bonds. The number of hydrogen-bond acceptors (Lipinski definition) is 1. The molecule has 0 aliphatic rings. The van der Waals surface area contributed by atoms with Gasteiger partial charge in [0.15, 0.2) is 0 Å². The summed E-state index contributed by atoms with van der Waals surface area (Å²) in [5, 5.41) is 5.07. The van der Waals surface area contributed by atoms with Gasteiger partial charge < -0.3 is 4.57 Å². The summed E-state index contributed by atoms with van der Waals surface area (Å²) in [7, 11) is 0. The highest BCUT2D eigenvalue weighted by molar-refractivity contribution is 7.26. The Morgan fingerprint density at radius 2 is 0.629 bits per heavy atom. The number of thiophene rings is 1. The van der Waals surface area contributed by atoms with E-state index in [9.17, 15) is 0 Å². The van der Waals surface area contributed by atoms with Gasteiger partial charge in [-0.25, -0.2) is 0 Å². The summed E-state index contributed by atoms with van der Waals surface area (Å²) in [6, 6.07) is 86.7. The molecule has 1 nitrogen and oxygen atoms in total. The Balaban J connectivity index is 1.07. The first-order chi connectivity index (χ1) is 30.7. The molecule has 2 aromatic heterocycles. The van der Waals surface area contributed by atoms with Crippen LogP contribution in [-0.2, 0) is 0 Å². The fourth-order valence-electron chi connectivity index (χ4n) is 9.36. The summed E-state index contributed by atoms with van der Waals surface area (Å²) in [4.78, 5) is 0. The molecule has 0 fully saturated rings. The Hall–Kier alpha value is -7.78. The molecule has 2 heteroatoms. The number of benzene rings is 10. The molecular weight excluding hydrogens is 767 g/mol. The van der Waals surface area contributed by atoms with Gasteiger partial charge in [0.1, 0.15) is 0 Å². The van der Waals surface area contributed by atoms with Gasteiger partial charge in [-0.05, 0) is 121 Å². The van der Waals surface area contributed by atoms with E-state index < -0.39 is 0 Å². The summed E-state index contributed by atoms with van der Waals surface area (Å²) >= 11 is 1.91. The van der Waals surface area contributed by atoms with E-state index in [0.717, 1.165) is 5.69 Å². The average Bonchev–Trinajstić information content (AvgIpc) is 3.90. The highest BCUT2D eigenvalue weighted by Crippen LogP contribution is 2.46. The second-order valence-corrected chi connectivity index (χ2v) is 17.1. The fraction of sp³-hybridized carbons (Fsp3) is 0. The van der Waals surface area contributed by atoms with Crippen LogP contribution >= 0.6 is 11.3 Å². The van der Waals surface area contributed by atoms with Gasteiger partial charge in [-0.3, -0.25) is 0 Å². The van der Waals surface area contributed by atoms with E-state index in [-0.39, 0.29) is 0 Å². The van der Waals surface area contributed by atoms with Crippen LogP contribution < -0.4 is 0 Å². The molecule has 0 aliphatic heterocycles. The topological polar surface area (TPSA) is 4.93 Å². The molecule has 62 heavy (non-hydrogen) atoms. The molecular formula is C60H39NS. The third-order valence-corrected chi connectivity index (χ3v) is 13.7. The summed E-state index contributed by atoms with van der Waals surface area (Å²) in [6.45, 7) is 0. The molecule has 0 atom stereocenters. The third kappa shape index (κ3) is 6.24. The van der Waals surface area contributed by atoms with Gasteiger partial charge >= 0.3 is 0 Å². The molecule has 0 spiro atoms. The van der Waals surface area contributed by atoms with Gasteiger partial charge in [0.05, 0.1) is 11.0 Å². The van der Waals surface area contributed by atoms with Crippen molar-refractivity contribution in [3.63, 3.8) is 0 Å². The smallest absolute Gasteiger partial charge is 0.0541 e. The monoisotopic (exact) mass is 805 g/mol. The number of para-hydroxylation sites is 1. The molecule has 0 aliphatic carbocycles. The van der Waals surface area contributed by atoms with Gasteiger partial charge in [-0.1, -0.05) is 182 Å². The third-order valence-electron chi connectivity index (χ3n) is 12.4. The molecule has 0 unspecified atom stereocenters. The van der Waals surface area contributed by atoms with Crippen molar-refractivity contribution in [1.82, 2.24) is 4.57 Å². The maximum absolute atomic E-state index is 2.42. The molecule has 10 aromatic carbocycles. The second-order valence-electron chi connectivity index (χ2n) is 16.1. The van der Waals surface area contributed by atoms with E-state index in [0.29, 0.717) is 0 Å². The first-order valence-corrected chi connectivity index (χ1v) is 22.1. The van der Waals surface area contributed by atoms with Gasteiger partial charge in [0.25, 0.3) is 0 Å². The van der Waals surface area contributed by atoms with Crippen molar-refractivity contribution < 1.29 is 0 Å². The Labute approximate surface area is 365 Å². The fourth-order valence-corrected chi connectivity index (χ4v) is 10.7. The minimum atomic E-state index is 1.16. The van der Waals surface area contributed by atoms with E-state index in [1.807, 2.05) is 11.3 Å². The van der Waals surface area contributed by atoms with Crippen LogP contribution in [0.1, 0.15) is 0 Å². The summed E-state index contributed by atoms with van der Waals surface area (Å²) in [5.74, 6) is 0. The van der Waals surface area contributed by atoms with Crippen molar-refractivity contribution in [2.24, 2.45) is 0 Å². The number of aromatic nitrogens is 1. The predicted octanol–water partition coefficient (Wildman–Crippen LogP) is 17.2. The van der Waals surface area contributed by atoms with Crippen molar-refractivity contribution >= 4 is 53.3 Å². The predicted molar refractivity (Wildman–Crippen MR) is 266 cm³/mol. The van der Waals surface area contributed by atoms with Crippen LogP contribution in [0.25, 0.3) is 114 Å². The lowest BCUT2D eigenvalue weighted by Crippen LogP contribution is -1.93. The zero-order valence-electron chi connectivity index (χ0n) is 33.9. The number of fused-ring (bicyclic) bond motifs is 6. The number of nitrogens with zero attached hydrogens (tertiary/aromatic N) is 1. The average molecular weight is 806 g/mol. The Morgan fingerprint density at radius 1 is 0.242 bits per heavy atom. The molecule has 290 valence electrons. The maximum Gasteiger partial charge on any atom is 0.0541 e. The van der Waals surface area contributed by atoms with E-state index >= 15 is 0 Å². The van der Waals surface area contributed by atoms with Gasteiger partial charge in [-0.15, -0.1) is 11.3 Å². The van der Waals surface area contributed by atoms with E-state index in [1.54, 1.807) is 0 Å². The molecule has 0 bridgehead atoms. The van der Waals surface area contributed by atoms with Crippen LogP contribution in [0.4, 0.5) is 0 Å². The highest BCUT2D eigenvalue weighted by atomic mass is 32.1. The minimum absolute atomic E-state index is 1.16. The lowest BCUT2D eigenvalue weighted by Gasteiger charge is -2.13. The molecule has 12 aromatic rings. The van der Waals surface area contributed by atoms with Crippen molar-refractivity contribution in [1.29, 1.82) is 0 Å². The molecule has 2 heterocycles. The van der Waals surface area contributed by atoms with E-state index in [2.05, 4.69) is 241 Å². The zero-order valence-corrected chi connectivity index (χ0v) is 34.7.